The van der Waals surface area contributed by atoms with Gasteiger partial charge in [0, 0.05) is 4.91 Å². The summed E-state index contributed by atoms with van der Waals surface area (Å²) in [7, 11) is -5.55. The molecule has 21 nitrogen and oxygen atoms in total. The molecule has 7 unspecified atom stereocenters. The molecule has 12 atom stereocenters. The van der Waals surface area contributed by atoms with E-state index < -0.39 is 88.6 Å². The third-order valence-electron chi connectivity index (χ3n) is 6.69. The van der Waals surface area contributed by atoms with Crippen molar-refractivity contribution in [2.24, 2.45) is 5.11 Å². The molecule has 0 bridgehead atoms. The highest BCUT2D eigenvalue weighted by Gasteiger charge is 2.56. The summed E-state index contributed by atoms with van der Waals surface area (Å²) in [6.07, 6.45) is -14.2. The largest absolute Gasteiger partial charge is 0.481 e. The van der Waals surface area contributed by atoms with E-state index >= 15 is 0 Å². The normalized spacial score (nSPS) is 35.8. The summed E-state index contributed by atoms with van der Waals surface area (Å²) in [6.45, 7) is -3.20. The molecule has 0 amide bonds. The van der Waals surface area contributed by atoms with Crippen LogP contribution in [0.2, 0.25) is 0 Å². The molecule has 244 valence electrons. The average molecular weight is 688 g/mol. The third kappa shape index (κ3) is 6.64. The van der Waals surface area contributed by atoms with Gasteiger partial charge >= 0.3 is 14.5 Å². The molecular weight excluding hydrogens is 661 g/mol. The molecule has 2 aromatic rings. The average Bonchev–Trinajstić information content (AvgIpc) is 3.51. The molecule has 2 fully saturated rings. The lowest BCUT2D eigenvalue weighted by molar-refractivity contribution is -0.287. The smallest absolute Gasteiger partial charge is 0.393 e. The number of aliphatic hydroxyl groups is 5. The standard InChI is InChI=1S/C19H27FN8O13P2S/c1-2-19(26-27-22)14(33)8(38-18(19)28-6-25-9-15(21)23-5-24-16(9)28)4-37-43(36,44)41-42(34,35)40-17-12(32)10(30)11(31)13(39-17)7(20)3-29/h2,5-8,10-14,17-18,29-33H,1,3-4H2,(H,34,35)(H,36,44)(H2,21,23,24)/t7-,8+,10?,11?,12?,13?,14+,17?,18+,19+,43?/m0/s1. The van der Waals surface area contributed by atoms with Gasteiger partial charge in [-0.3, -0.25) is 9.09 Å². The summed E-state index contributed by atoms with van der Waals surface area (Å²) < 4.78 is 52.8. The van der Waals surface area contributed by atoms with Crippen LogP contribution in [0.15, 0.2) is 30.4 Å². The lowest BCUT2D eigenvalue weighted by Crippen LogP contribution is -2.60. The van der Waals surface area contributed by atoms with E-state index in [4.69, 9.17) is 36.6 Å². The predicted octanol–water partition coefficient (Wildman–Crippen LogP) is -1.59. The van der Waals surface area contributed by atoms with Gasteiger partial charge in [-0.25, -0.2) is 28.2 Å². The lowest BCUT2D eigenvalue weighted by Gasteiger charge is -2.41. The summed E-state index contributed by atoms with van der Waals surface area (Å²) in [6, 6.07) is 0. The van der Waals surface area contributed by atoms with Crippen LogP contribution in [0.5, 0.6) is 0 Å². The van der Waals surface area contributed by atoms with Gasteiger partial charge in [0.1, 0.15) is 54.0 Å². The molecule has 0 aromatic carbocycles. The van der Waals surface area contributed by atoms with Crippen molar-refractivity contribution in [2.45, 2.75) is 60.9 Å². The Kier molecular flexibility index (Phi) is 10.4. The van der Waals surface area contributed by atoms with Gasteiger partial charge in [-0.1, -0.05) is 11.2 Å². The van der Waals surface area contributed by atoms with Gasteiger partial charge in [-0.15, -0.1) is 6.58 Å². The number of azide groups is 1. The molecule has 0 spiro atoms. The van der Waals surface area contributed by atoms with Crippen LogP contribution in [0.25, 0.3) is 21.6 Å². The van der Waals surface area contributed by atoms with E-state index in [1.54, 1.807) is 0 Å². The van der Waals surface area contributed by atoms with E-state index in [1.165, 1.54) is 10.9 Å². The zero-order valence-corrected chi connectivity index (χ0v) is 24.6. The van der Waals surface area contributed by atoms with Gasteiger partial charge in [0.25, 0.3) is 0 Å². The molecule has 2 saturated heterocycles. The molecule has 0 aliphatic carbocycles. The fraction of sp³-hybridized carbons (Fsp3) is 0.632. The van der Waals surface area contributed by atoms with E-state index in [2.05, 4.69) is 40.4 Å². The van der Waals surface area contributed by atoms with Crippen LogP contribution in [0.1, 0.15) is 6.23 Å². The highest BCUT2D eigenvalue weighted by atomic mass is 32.5. The van der Waals surface area contributed by atoms with E-state index in [9.17, 15) is 44.7 Å². The Balaban J connectivity index is 1.49. The number of hydrogen-bond acceptors (Lipinski definition) is 17. The van der Waals surface area contributed by atoms with Crippen LogP contribution in [-0.2, 0) is 39.2 Å². The minimum absolute atomic E-state index is 0.0131. The van der Waals surface area contributed by atoms with Crippen LogP contribution in [0, 0.1) is 0 Å². The first-order valence-electron chi connectivity index (χ1n) is 12.2. The van der Waals surface area contributed by atoms with Crippen molar-refractivity contribution in [3.63, 3.8) is 0 Å². The number of nitrogen functional groups attached to an aromatic ring is 1. The Labute approximate surface area is 250 Å². The Hall–Kier alpha value is -2.27. The quantitative estimate of drug-likeness (QED) is 0.0409. The van der Waals surface area contributed by atoms with E-state index in [0.717, 1.165) is 12.4 Å². The van der Waals surface area contributed by atoms with Gasteiger partial charge in [0.05, 0.1) is 19.5 Å². The van der Waals surface area contributed by atoms with E-state index in [1.807, 2.05) is 0 Å². The molecule has 0 saturated carbocycles. The molecule has 4 heterocycles. The van der Waals surface area contributed by atoms with Gasteiger partial charge in [0.15, 0.2) is 30.2 Å². The molecule has 9 N–H and O–H groups in total. The van der Waals surface area contributed by atoms with Crippen LogP contribution in [0.3, 0.4) is 0 Å². The Morgan fingerprint density at radius 1 is 1.27 bits per heavy atom. The fourth-order valence-corrected chi connectivity index (χ4v) is 7.64. The van der Waals surface area contributed by atoms with Crippen molar-refractivity contribution in [3.8, 4) is 0 Å². The number of nitrogens with two attached hydrogens (primary N) is 1. The number of rotatable bonds is 12. The first kappa shape index (κ1) is 34.6. The van der Waals surface area contributed by atoms with Crippen molar-refractivity contribution >= 4 is 43.3 Å². The number of nitrogens with zero attached hydrogens (tertiary/aromatic N) is 7. The first-order chi connectivity index (χ1) is 20.6. The maximum Gasteiger partial charge on any atom is 0.481 e. The maximum absolute atomic E-state index is 14.0. The number of ether oxygens (including phenoxy) is 2. The Bertz CT molecular complexity index is 1520. The van der Waals surface area contributed by atoms with E-state index in [0.29, 0.717) is 0 Å². The summed E-state index contributed by atoms with van der Waals surface area (Å²) in [4.78, 5) is 35.4. The maximum atomic E-state index is 14.0. The lowest BCUT2D eigenvalue weighted by atomic mass is 9.91. The SMILES string of the molecule is C=C[C@@]1(N=[N+]=[N-])[C@H](O)[C@@H](COP(O)(=S)OP(=O)(O)OC2OC([C@@H](F)CO)C(O)C(O)C2O)O[C@H]1n1cnc2c(N)ncnc21. The highest BCUT2D eigenvalue weighted by Crippen LogP contribution is 2.62. The highest BCUT2D eigenvalue weighted by molar-refractivity contribution is 8.08. The van der Waals surface area contributed by atoms with Crippen LogP contribution in [0.4, 0.5) is 10.2 Å². The minimum Gasteiger partial charge on any atom is -0.393 e. The minimum atomic E-state index is -5.55. The summed E-state index contributed by atoms with van der Waals surface area (Å²) in [5.41, 5.74) is 13.4. The number of phosphoric acid groups is 1. The van der Waals surface area contributed by atoms with Crippen LogP contribution < -0.4 is 5.73 Å². The molecule has 2 aromatic heterocycles. The second-order valence-electron chi connectivity index (χ2n) is 9.39. The van der Waals surface area contributed by atoms with Crippen LogP contribution >= 0.6 is 14.5 Å². The molecule has 0 radical (unpaired) electrons. The molecular formula is C19H27FN8O13P2S. The van der Waals surface area contributed by atoms with Crippen LogP contribution in [-0.4, -0.2) is 123 Å². The second kappa shape index (κ2) is 13.2. The van der Waals surface area contributed by atoms with E-state index in [-0.39, 0.29) is 17.0 Å². The van der Waals surface area contributed by atoms with Crippen molar-refractivity contribution in [1.29, 1.82) is 0 Å². The number of fused-ring (bicyclic) bond motifs is 1. The molecule has 2 aliphatic heterocycles. The number of hydrogen-bond donors (Lipinski definition) is 8. The number of aliphatic hydroxyl groups excluding tert-OH is 5. The fourth-order valence-electron chi connectivity index (χ4n) is 4.54. The van der Waals surface area contributed by atoms with Gasteiger partial charge in [0.2, 0.25) is 0 Å². The predicted molar refractivity (Wildman–Crippen MR) is 145 cm³/mol. The third-order valence-corrected chi connectivity index (χ3v) is 10.2. The number of alkyl halides is 1. The molecule has 2 aliphatic rings. The number of imidazole rings is 1. The van der Waals surface area contributed by atoms with Crippen molar-refractivity contribution in [3.05, 3.63) is 35.8 Å². The van der Waals surface area contributed by atoms with Gasteiger partial charge in [-0.2, -0.15) is 0 Å². The van der Waals surface area contributed by atoms with Crippen molar-refractivity contribution in [2.75, 3.05) is 18.9 Å². The summed E-state index contributed by atoms with van der Waals surface area (Å²) in [5.74, 6) is 0.0131. The summed E-state index contributed by atoms with van der Waals surface area (Å²) in [5, 5.41) is 53.6. The zero-order valence-electron chi connectivity index (χ0n) is 22.0. The molecule has 4 rings (SSSR count). The Morgan fingerprint density at radius 2 is 1.98 bits per heavy atom. The zero-order chi connectivity index (χ0) is 32.6. The van der Waals surface area contributed by atoms with Crippen molar-refractivity contribution in [1.82, 2.24) is 19.5 Å². The van der Waals surface area contributed by atoms with Crippen molar-refractivity contribution < 1.29 is 67.1 Å². The topological polar surface area (TPSA) is 323 Å². The summed E-state index contributed by atoms with van der Waals surface area (Å²) >= 11 is 4.75. The monoisotopic (exact) mass is 688 g/mol. The number of phosphoric ester groups is 1. The number of aromatic nitrogens is 4. The molecule has 44 heavy (non-hydrogen) atoms. The molecule has 25 heteroatoms. The van der Waals surface area contributed by atoms with Gasteiger partial charge in [-0.05, 0) is 17.3 Å². The number of halogens is 1. The Morgan fingerprint density at radius 3 is 2.61 bits per heavy atom. The van der Waals surface area contributed by atoms with Gasteiger partial charge < -0.3 is 55.1 Å². The second-order valence-corrected chi connectivity index (χ2v) is 13.8. The first-order valence-corrected chi connectivity index (χ1v) is 16.3. The number of anilines is 1.